The van der Waals surface area contributed by atoms with Crippen LogP contribution in [0.3, 0.4) is 0 Å². The van der Waals surface area contributed by atoms with Gasteiger partial charge in [-0.3, -0.25) is 4.57 Å². The van der Waals surface area contributed by atoms with E-state index in [0.29, 0.717) is 29.9 Å². The van der Waals surface area contributed by atoms with Crippen LogP contribution in [0.4, 0.5) is 5.82 Å². The molecule has 1 unspecified atom stereocenters. The van der Waals surface area contributed by atoms with Gasteiger partial charge in [0.05, 0.1) is 52.4 Å². The Labute approximate surface area is 359 Å². The third-order valence-electron chi connectivity index (χ3n) is 10.7. The largest absolute Gasteiger partial charge is 0.497 e. The number of aromatic nitrogens is 4. The van der Waals surface area contributed by atoms with E-state index in [0.717, 1.165) is 33.8 Å². The molecule has 0 bridgehead atoms. The van der Waals surface area contributed by atoms with Crippen molar-refractivity contribution in [1.29, 1.82) is 5.26 Å². The topological polar surface area (TPSA) is 138 Å². The molecular weight excluding hydrogens is 790 g/mol. The second-order valence-corrected chi connectivity index (χ2v) is 16.7. The average molecular weight is 844 g/mol. The maximum Gasteiger partial charge on any atom is 0.259 e. The summed E-state index contributed by atoms with van der Waals surface area (Å²) in [6, 6.07) is 38.7. The van der Waals surface area contributed by atoms with E-state index in [1.165, 1.54) is 0 Å². The first kappa shape index (κ1) is 43.6. The molecule has 0 saturated carbocycles. The number of imidazole rings is 1. The Morgan fingerprint density at radius 1 is 0.836 bits per heavy atom. The number of rotatable bonds is 20. The molecule has 1 aliphatic heterocycles. The summed E-state index contributed by atoms with van der Waals surface area (Å²) in [6.07, 6.45) is 2.40. The van der Waals surface area contributed by atoms with Crippen molar-refractivity contribution in [1.82, 2.24) is 24.2 Å². The molecule has 1 N–H and O–H groups in total. The standard InChI is InChI=1S/C47H54N7O6P/c1-33(2)54(34(3)4)61(58-27-13-26-48)60-41-28-43(53-32-52-44-45(50-31-51-46(44)53)49-29-35-14-9-7-10-15-35)59-42(41)30-57-47(36-16-11-8-12-17-36,37-18-22-39(55-5)23-19-37)38-20-24-40(56-6)25-21-38/h7-12,14-25,31-34,41-43H,13,27-30H2,1-6H3,(H,49,50,51)/t41-,42+,43+,61?/m0/s1. The van der Waals surface area contributed by atoms with Crippen LogP contribution >= 0.6 is 8.53 Å². The van der Waals surface area contributed by atoms with Gasteiger partial charge in [-0.05, 0) is 74.2 Å². The van der Waals surface area contributed by atoms with Crippen LogP contribution < -0.4 is 14.8 Å². The van der Waals surface area contributed by atoms with Gasteiger partial charge in [0.1, 0.15) is 35.8 Å². The van der Waals surface area contributed by atoms with Gasteiger partial charge in [-0.25, -0.2) is 19.6 Å². The number of fused-ring (bicyclic) bond motifs is 1. The van der Waals surface area contributed by atoms with Gasteiger partial charge in [0.25, 0.3) is 8.53 Å². The lowest BCUT2D eigenvalue weighted by atomic mass is 9.80. The number of hydrogen-bond donors (Lipinski definition) is 1. The van der Waals surface area contributed by atoms with E-state index in [2.05, 4.69) is 78.0 Å². The number of ether oxygens (including phenoxy) is 4. The Hall–Kier alpha value is -5.45. The first-order valence-electron chi connectivity index (χ1n) is 20.6. The fraction of sp³-hybridized carbons (Fsp3) is 0.362. The average Bonchev–Trinajstić information content (AvgIpc) is 3.91. The molecule has 1 aliphatic rings. The summed E-state index contributed by atoms with van der Waals surface area (Å²) in [6.45, 7) is 9.45. The van der Waals surface area contributed by atoms with Crippen molar-refractivity contribution in [3.8, 4) is 17.6 Å². The second kappa shape index (κ2) is 20.4. The van der Waals surface area contributed by atoms with E-state index in [9.17, 15) is 5.26 Å². The van der Waals surface area contributed by atoms with Crippen LogP contribution in [0.1, 0.15) is 69.0 Å². The maximum absolute atomic E-state index is 9.44. The van der Waals surface area contributed by atoms with Crippen molar-refractivity contribution >= 4 is 25.5 Å². The molecule has 3 heterocycles. The predicted molar refractivity (Wildman–Crippen MR) is 236 cm³/mol. The smallest absolute Gasteiger partial charge is 0.259 e. The van der Waals surface area contributed by atoms with Gasteiger partial charge in [-0.1, -0.05) is 84.9 Å². The highest BCUT2D eigenvalue weighted by atomic mass is 31.2. The van der Waals surface area contributed by atoms with Crippen LogP contribution in [-0.4, -0.2) is 75.9 Å². The minimum atomic E-state index is -1.62. The maximum atomic E-state index is 9.44. The van der Waals surface area contributed by atoms with Crippen molar-refractivity contribution in [3.63, 3.8) is 0 Å². The number of nitriles is 1. The Bertz CT molecular complexity index is 2270. The summed E-state index contributed by atoms with van der Waals surface area (Å²) in [4.78, 5) is 14.0. The number of methoxy groups -OCH3 is 2. The number of nitrogens with one attached hydrogen (secondary N) is 1. The van der Waals surface area contributed by atoms with Gasteiger partial charge in [-0.15, -0.1) is 0 Å². The fourth-order valence-corrected chi connectivity index (χ4v) is 9.56. The van der Waals surface area contributed by atoms with E-state index in [1.807, 2.05) is 89.5 Å². The third-order valence-corrected chi connectivity index (χ3v) is 12.8. The van der Waals surface area contributed by atoms with Crippen LogP contribution in [-0.2, 0) is 30.7 Å². The van der Waals surface area contributed by atoms with Crippen LogP contribution in [0.25, 0.3) is 11.2 Å². The molecule has 2 aromatic heterocycles. The van der Waals surface area contributed by atoms with E-state index in [1.54, 1.807) is 26.9 Å². The zero-order valence-electron chi connectivity index (χ0n) is 35.5. The van der Waals surface area contributed by atoms with Gasteiger partial charge in [0, 0.05) is 25.0 Å². The number of hydrogen-bond acceptors (Lipinski definition) is 12. The third kappa shape index (κ3) is 9.87. The predicted octanol–water partition coefficient (Wildman–Crippen LogP) is 9.41. The molecule has 0 radical (unpaired) electrons. The monoisotopic (exact) mass is 843 g/mol. The van der Waals surface area contributed by atoms with Crippen molar-refractivity contribution in [2.75, 3.05) is 32.8 Å². The molecule has 7 rings (SSSR count). The number of anilines is 1. The highest BCUT2D eigenvalue weighted by Gasteiger charge is 2.45. The Kier molecular flexibility index (Phi) is 14.6. The zero-order valence-corrected chi connectivity index (χ0v) is 36.4. The molecule has 318 valence electrons. The van der Waals surface area contributed by atoms with E-state index in [-0.39, 0.29) is 31.7 Å². The molecule has 14 heteroatoms. The highest BCUT2D eigenvalue weighted by molar-refractivity contribution is 7.44. The summed E-state index contributed by atoms with van der Waals surface area (Å²) in [5, 5.41) is 12.9. The summed E-state index contributed by atoms with van der Waals surface area (Å²) < 4.78 is 43.3. The minimum absolute atomic E-state index is 0.105. The molecule has 0 spiro atoms. The van der Waals surface area contributed by atoms with Gasteiger partial charge in [0.15, 0.2) is 17.0 Å². The SMILES string of the molecule is COc1ccc(C(OC[C@H]2O[C@@H](n3cnc4c(NCc5ccccc5)ncnc43)C[C@@H]2OP(OCCC#N)N(C(C)C)C(C)C)(c2ccccc2)c2ccc(OC)cc2)cc1. The summed E-state index contributed by atoms with van der Waals surface area (Å²) >= 11 is 0. The van der Waals surface area contributed by atoms with Crippen LogP contribution in [0.2, 0.25) is 0 Å². The van der Waals surface area contributed by atoms with Crippen LogP contribution in [0.5, 0.6) is 11.5 Å². The summed E-state index contributed by atoms with van der Waals surface area (Å²) in [5.74, 6) is 2.09. The van der Waals surface area contributed by atoms with Crippen LogP contribution in [0, 0.1) is 11.3 Å². The Morgan fingerprint density at radius 3 is 2.03 bits per heavy atom. The quantitative estimate of drug-likeness (QED) is 0.0445. The molecule has 6 aromatic rings. The first-order chi connectivity index (χ1) is 29.7. The zero-order chi connectivity index (χ0) is 42.8. The van der Waals surface area contributed by atoms with Crippen molar-refractivity contribution in [2.45, 2.75) is 83.2 Å². The minimum Gasteiger partial charge on any atom is -0.497 e. The first-order valence-corrected chi connectivity index (χ1v) is 21.7. The van der Waals surface area contributed by atoms with Crippen molar-refractivity contribution in [3.05, 3.63) is 144 Å². The molecule has 1 fully saturated rings. The molecule has 13 nitrogen and oxygen atoms in total. The summed E-state index contributed by atoms with van der Waals surface area (Å²) in [7, 11) is 1.69. The van der Waals surface area contributed by atoms with E-state index < -0.39 is 32.6 Å². The lowest BCUT2D eigenvalue weighted by molar-refractivity contribution is -0.0912. The molecule has 1 saturated heterocycles. The lowest BCUT2D eigenvalue weighted by Gasteiger charge is -2.39. The Balaban J connectivity index is 1.28. The normalized spacial score (nSPS) is 17.2. The van der Waals surface area contributed by atoms with Gasteiger partial charge < -0.3 is 33.3 Å². The number of benzene rings is 4. The molecule has 4 aromatic carbocycles. The molecule has 61 heavy (non-hydrogen) atoms. The van der Waals surface area contributed by atoms with Crippen molar-refractivity contribution in [2.24, 2.45) is 0 Å². The molecule has 0 aliphatic carbocycles. The van der Waals surface area contributed by atoms with Gasteiger partial charge >= 0.3 is 0 Å². The fourth-order valence-electron chi connectivity index (χ4n) is 7.80. The van der Waals surface area contributed by atoms with Crippen molar-refractivity contribution < 1.29 is 28.0 Å². The highest BCUT2D eigenvalue weighted by Crippen LogP contribution is 2.51. The van der Waals surface area contributed by atoms with E-state index in [4.69, 9.17) is 33.0 Å². The molecule has 0 amide bonds. The van der Waals surface area contributed by atoms with Gasteiger partial charge in [-0.2, -0.15) is 5.26 Å². The Morgan fingerprint density at radius 2 is 1.44 bits per heavy atom. The second-order valence-electron chi connectivity index (χ2n) is 15.3. The molecule has 4 atom stereocenters. The van der Waals surface area contributed by atoms with Gasteiger partial charge in [0.2, 0.25) is 0 Å². The number of nitrogens with zero attached hydrogens (tertiary/aromatic N) is 6. The summed E-state index contributed by atoms with van der Waals surface area (Å²) in [5.41, 5.74) is 4.03. The van der Waals surface area contributed by atoms with E-state index >= 15 is 0 Å². The van der Waals surface area contributed by atoms with Crippen LogP contribution in [0.15, 0.2) is 122 Å². The lowest BCUT2D eigenvalue weighted by Crippen LogP contribution is -2.39. The molecular formula is C47H54N7O6P.